The van der Waals surface area contributed by atoms with Crippen LogP contribution in [0.3, 0.4) is 0 Å². The molecule has 0 bridgehead atoms. The minimum atomic E-state index is -0.204. The van der Waals surface area contributed by atoms with Crippen LogP contribution in [0.5, 0.6) is 5.75 Å². The molecule has 0 spiro atoms. The van der Waals surface area contributed by atoms with Gasteiger partial charge in [0.05, 0.1) is 17.7 Å². The van der Waals surface area contributed by atoms with Gasteiger partial charge in [-0.25, -0.2) is 4.98 Å². The molecule has 1 aromatic carbocycles. The van der Waals surface area contributed by atoms with Crippen LogP contribution in [0.1, 0.15) is 41.9 Å². The second kappa shape index (κ2) is 7.97. The van der Waals surface area contributed by atoms with Gasteiger partial charge in [0, 0.05) is 11.9 Å². The smallest absolute Gasteiger partial charge is 0.226 e. The fraction of sp³-hybridized carbons (Fsp3) is 0.474. The molecule has 3 rings (SSSR count). The minimum Gasteiger partial charge on any atom is -0.486 e. The van der Waals surface area contributed by atoms with E-state index in [-0.39, 0.29) is 11.4 Å². The summed E-state index contributed by atoms with van der Waals surface area (Å²) in [5.41, 5.74) is 7.66. The fourth-order valence-corrected chi connectivity index (χ4v) is 3.92. The number of nitrogens with one attached hydrogen (secondary N) is 1. The maximum Gasteiger partial charge on any atom is 0.226 e. The molecule has 1 fully saturated rings. The Balaban J connectivity index is 1.51. The van der Waals surface area contributed by atoms with Crippen LogP contribution >= 0.6 is 11.3 Å². The molecule has 0 aliphatic heterocycles. The summed E-state index contributed by atoms with van der Waals surface area (Å²) in [5.74, 6) is 0.829. The Morgan fingerprint density at radius 3 is 2.72 bits per heavy atom. The van der Waals surface area contributed by atoms with Crippen molar-refractivity contribution in [3.8, 4) is 5.75 Å². The molecule has 6 heteroatoms. The van der Waals surface area contributed by atoms with E-state index in [1.165, 1.54) is 16.9 Å². The van der Waals surface area contributed by atoms with Gasteiger partial charge in [-0.05, 0) is 31.9 Å². The van der Waals surface area contributed by atoms with Crippen LogP contribution < -0.4 is 15.8 Å². The first-order chi connectivity index (χ1) is 12.1. The van der Waals surface area contributed by atoms with E-state index in [9.17, 15) is 4.79 Å². The molecule has 25 heavy (non-hydrogen) atoms. The number of thiazole rings is 1. The molecule has 0 radical (unpaired) electrons. The fourth-order valence-electron chi connectivity index (χ4n) is 3.21. The molecule has 1 aliphatic carbocycles. The number of carbonyl (C=O) groups excluding carboxylic acids is 1. The Hall–Kier alpha value is -1.92. The first-order valence-electron chi connectivity index (χ1n) is 8.72. The molecular weight excluding hydrogens is 334 g/mol. The largest absolute Gasteiger partial charge is 0.486 e. The highest BCUT2D eigenvalue weighted by Crippen LogP contribution is 2.28. The number of benzene rings is 1. The first-order valence-corrected chi connectivity index (χ1v) is 9.60. The minimum absolute atomic E-state index is 0.00338. The summed E-state index contributed by atoms with van der Waals surface area (Å²) >= 11 is 1.52. The van der Waals surface area contributed by atoms with Crippen molar-refractivity contribution in [3.63, 3.8) is 0 Å². The van der Waals surface area contributed by atoms with Gasteiger partial charge in [-0.3, -0.25) is 4.79 Å². The number of rotatable bonds is 7. The third kappa shape index (κ3) is 4.80. The van der Waals surface area contributed by atoms with Crippen LogP contribution in [0.25, 0.3) is 0 Å². The average molecular weight is 359 g/mol. The highest BCUT2D eigenvalue weighted by Gasteiger charge is 2.33. The zero-order valence-corrected chi connectivity index (χ0v) is 15.4. The van der Waals surface area contributed by atoms with E-state index in [0.717, 1.165) is 42.1 Å². The highest BCUT2D eigenvalue weighted by molar-refractivity contribution is 7.09. The van der Waals surface area contributed by atoms with E-state index in [2.05, 4.69) is 10.3 Å². The van der Waals surface area contributed by atoms with E-state index in [0.29, 0.717) is 19.6 Å². The van der Waals surface area contributed by atoms with E-state index >= 15 is 0 Å². The Labute approximate surface area is 152 Å². The second-order valence-electron chi connectivity index (χ2n) is 6.75. The van der Waals surface area contributed by atoms with E-state index in [1.54, 1.807) is 0 Å². The van der Waals surface area contributed by atoms with Gasteiger partial charge in [0.2, 0.25) is 5.91 Å². The normalized spacial score (nSPS) is 15.9. The molecule has 0 unspecified atom stereocenters. The maximum atomic E-state index is 12.3. The number of hydrogen-bond acceptors (Lipinski definition) is 5. The van der Waals surface area contributed by atoms with Gasteiger partial charge in [-0.1, -0.05) is 30.5 Å². The van der Waals surface area contributed by atoms with Gasteiger partial charge >= 0.3 is 0 Å². The van der Waals surface area contributed by atoms with Crippen molar-refractivity contribution in [2.24, 2.45) is 5.73 Å². The molecule has 134 valence electrons. The average Bonchev–Trinajstić information content (AvgIpc) is 3.24. The van der Waals surface area contributed by atoms with Crippen molar-refractivity contribution in [2.75, 3.05) is 6.54 Å². The van der Waals surface area contributed by atoms with Crippen LogP contribution in [-0.4, -0.2) is 23.0 Å². The summed E-state index contributed by atoms with van der Waals surface area (Å²) in [4.78, 5) is 16.8. The summed E-state index contributed by atoms with van der Waals surface area (Å²) < 4.78 is 5.74. The number of hydrogen-bond donors (Lipinski definition) is 2. The molecule has 1 heterocycles. The van der Waals surface area contributed by atoms with Gasteiger partial charge in [0.25, 0.3) is 0 Å². The lowest BCUT2D eigenvalue weighted by molar-refractivity contribution is -0.122. The lowest BCUT2D eigenvalue weighted by Crippen LogP contribution is -2.52. The van der Waals surface area contributed by atoms with Gasteiger partial charge in [-0.15, -0.1) is 11.3 Å². The van der Waals surface area contributed by atoms with Crippen LogP contribution in [-0.2, 0) is 17.8 Å². The number of ether oxygens (including phenoxy) is 1. The standard InChI is InChI=1S/C19H25N3O2S/c1-14-4-6-16(7-5-14)24-11-18-21-15(12-25-18)10-17(23)22-19(13-20)8-2-3-9-19/h4-7,12H,2-3,8-11,13,20H2,1H3,(H,22,23). The number of amides is 1. The summed E-state index contributed by atoms with van der Waals surface area (Å²) in [6.07, 6.45) is 4.51. The number of aryl methyl sites for hydroxylation is 1. The zero-order valence-electron chi connectivity index (χ0n) is 14.6. The molecule has 0 atom stereocenters. The Kier molecular flexibility index (Phi) is 5.71. The molecule has 5 nitrogen and oxygen atoms in total. The number of nitrogens with two attached hydrogens (primary N) is 1. The van der Waals surface area contributed by atoms with Crippen LogP contribution in [0, 0.1) is 6.92 Å². The maximum absolute atomic E-state index is 12.3. The predicted octanol–water partition coefficient (Wildman–Crippen LogP) is 2.96. The molecule has 3 N–H and O–H groups in total. The van der Waals surface area contributed by atoms with Crippen LogP contribution in [0.15, 0.2) is 29.6 Å². The SMILES string of the molecule is Cc1ccc(OCc2nc(CC(=O)NC3(CN)CCCC3)cs2)cc1. The second-order valence-corrected chi connectivity index (χ2v) is 7.69. The van der Waals surface area contributed by atoms with E-state index in [1.807, 2.05) is 36.6 Å². The summed E-state index contributed by atoms with van der Waals surface area (Å²) in [6.45, 7) is 2.97. The van der Waals surface area contributed by atoms with Gasteiger partial charge in [0.15, 0.2) is 0 Å². The number of aromatic nitrogens is 1. The molecule has 0 saturated heterocycles. The summed E-state index contributed by atoms with van der Waals surface area (Å²) in [7, 11) is 0. The third-order valence-electron chi connectivity index (χ3n) is 4.68. The Bertz CT molecular complexity index is 706. The van der Waals surface area contributed by atoms with E-state index < -0.39 is 0 Å². The molecule has 1 saturated carbocycles. The van der Waals surface area contributed by atoms with Crippen molar-refractivity contribution in [2.45, 2.75) is 51.2 Å². The van der Waals surface area contributed by atoms with Crippen molar-refractivity contribution in [3.05, 3.63) is 45.9 Å². The molecular formula is C19H25N3O2S. The quantitative estimate of drug-likeness (QED) is 0.797. The third-order valence-corrected chi connectivity index (χ3v) is 5.55. The van der Waals surface area contributed by atoms with E-state index in [4.69, 9.17) is 10.5 Å². The topological polar surface area (TPSA) is 77.2 Å². The lowest BCUT2D eigenvalue weighted by atomic mass is 9.97. The molecule has 1 amide bonds. The van der Waals surface area contributed by atoms with Crippen LogP contribution in [0.2, 0.25) is 0 Å². The predicted molar refractivity (Wildman–Crippen MR) is 99.7 cm³/mol. The highest BCUT2D eigenvalue weighted by atomic mass is 32.1. The summed E-state index contributed by atoms with van der Waals surface area (Å²) in [5, 5.41) is 5.93. The molecule has 1 aromatic heterocycles. The zero-order chi connectivity index (χ0) is 17.7. The number of nitrogens with zero attached hydrogens (tertiary/aromatic N) is 1. The monoisotopic (exact) mass is 359 g/mol. The Morgan fingerprint density at radius 1 is 1.32 bits per heavy atom. The van der Waals surface area contributed by atoms with Gasteiger partial charge < -0.3 is 15.8 Å². The number of carbonyl (C=O) groups is 1. The van der Waals surface area contributed by atoms with Crippen molar-refractivity contribution >= 4 is 17.2 Å². The van der Waals surface area contributed by atoms with Gasteiger partial charge in [0.1, 0.15) is 17.4 Å². The summed E-state index contributed by atoms with van der Waals surface area (Å²) in [6, 6.07) is 7.93. The van der Waals surface area contributed by atoms with Crippen LogP contribution in [0.4, 0.5) is 0 Å². The Morgan fingerprint density at radius 2 is 2.04 bits per heavy atom. The first kappa shape index (κ1) is 17.9. The molecule has 2 aromatic rings. The van der Waals surface area contributed by atoms with Crippen molar-refractivity contribution in [1.82, 2.24) is 10.3 Å². The van der Waals surface area contributed by atoms with Crippen molar-refractivity contribution < 1.29 is 9.53 Å². The molecule has 1 aliphatic rings. The lowest BCUT2D eigenvalue weighted by Gasteiger charge is -2.28. The van der Waals surface area contributed by atoms with Gasteiger partial charge in [-0.2, -0.15) is 0 Å². The van der Waals surface area contributed by atoms with Crippen molar-refractivity contribution in [1.29, 1.82) is 0 Å².